The van der Waals surface area contributed by atoms with Gasteiger partial charge < -0.3 is 4.90 Å². The van der Waals surface area contributed by atoms with Gasteiger partial charge in [-0.1, -0.05) is 0 Å². The Morgan fingerprint density at radius 3 is 3.10 bits per heavy atom. The van der Waals surface area contributed by atoms with Crippen LogP contribution in [0.5, 0.6) is 0 Å². The predicted octanol–water partition coefficient (Wildman–Crippen LogP) is 1.53. The highest BCUT2D eigenvalue weighted by molar-refractivity contribution is 9.10. The van der Waals surface area contributed by atoms with E-state index in [2.05, 4.69) is 41.0 Å². The van der Waals surface area contributed by atoms with Crippen molar-refractivity contribution in [3.63, 3.8) is 0 Å². The van der Waals surface area contributed by atoms with E-state index >= 15 is 0 Å². The van der Waals surface area contributed by atoms with Gasteiger partial charge in [-0.15, -0.1) is 5.10 Å². The van der Waals surface area contributed by atoms with Crippen LogP contribution >= 0.6 is 15.9 Å². The first-order valence-corrected chi connectivity index (χ1v) is 7.20. The summed E-state index contributed by atoms with van der Waals surface area (Å²) in [6.45, 7) is 1.86. The van der Waals surface area contributed by atoms with Gasteiger partial charge in [0.25, 0.3) is 0 Å². The SMILES string of the molecule is Brc1cnc2ccc(N3CCC(n4cncn4)C3)nn12. The molecule has 102 valence electrons. The number of anilines is 1. The van der Waals surface area contributed by atoms with E-state index in [1.807, 2.05) is 16.8 Å². The largest absolute Gasteiger partial charge is 0.353 e. The van der Waals surface area contributed by atoms with Crippen LogP contribution < -0.4 is 4.90 Å². The van der Waals surface area contributed by atoms with E-state index < -0.39 is 0 Å². The predicted molar refractivity (Wildman–Crippen MR) is 76.6 cm³/mol. The lowest BCUT2D eigenvalue weighted by Crippen LogP contribution is -2.22. The van der Waals surface area contributed by atoms with Gasteiger partial charge in [-0.3, -0.25) is 0 Å². The molecule has 8 heteroatoms. The van der Waals surface area contributed by atoms with E-state index in [0.29, 0.717) is 6.04 Å². The van der Waals surface area contributed by atoms with Crippen LogP contribution in [0.3, 0.4) is 0 Å². The van der Waals surface area contributed by atoms with Crippen molar-refractivity contribution >= 4 is 27.4 Å². The fraction of sp³-hybridized carbons (Fsp3) is 0.333. The molecule has 0 saturated carbocycles. The molecule has 3 aromatic heterocycles. The molecule has 3 aromatic rings. The molecule has 0 N–H and O–H groups in total. The maximum atomic E-state index is 4.62. The van der Waals surface area contributed by atoms with Gasteiger partial charge in [0, 0.05) is 13.1 Å². The highest BCUT2D eigenvalue weighted by Gasteiger charge is 2.25. The van der Waals surface area contributed by atoms with Gasteiger partial charge in [0.15, 0.2) is 5.65 Å². The molecule has 0 bridgehead atoms. The van der Waals surface area contributed by atoms with Gasteiger partial charge in [-0.2, -0.15) is 5.10 Å². The Morgan fingerprint density at radius 2 is 2.25 bits per heavy atom. The molecule has 0 amide bonds. The minimum Gasteiger partial charge on any atom is -0.353 e. The minimum absolute atomic E-state index is 0.362. The number of hydrogen-bond donors (Lipinski definition) is 0. The molecule has 0 spiro atoms. The summed E-state index contributed by atoms with van der Waals surface area (Å²) in [5.74, 6) is 0.957. The van der Waals surface area contributed by atoms with Crippen LogP contribution in [0.2, 0.25) is 0 Å². The Labute approximate surface area is 123 Å². The summed E-state index contributed by atoms with van der Waals surface area (Å²) in [6, 6.07) is 4.36. The Morgan fingerprint density at radius 1 is 1.30 bits per heavy atom. The molecule has 0 aromatic carbocycles. The van der Waals surface area contributed by atoms with E-state index in [4.69, 9.17) is 0 Å². The third kappa shape index (κ3) is 1.87. The van der Waals surface area contributed by atoms with Gasteiger partial charge in [0.1, 0.15) is 23.1 Å². The summed E-state index contributed by atoms with van der Waals surface area (Å²) >= 11 is 3.45. The molecule has 1 saturated heterocycles. The van der Waals surface area contributed by atoms with Crippen molar-refractivity contribution < 1.29 is 0 Å². The van der Waals surface area contributed by atoms with Crippen LogP contribution in [-0.4, -0.2) is 42.5 Å². The molecule has 1 aliphatic rings. The van der Waals surface area contributed by atoms with Gasteiger partial charge >= 0.3 is 0 Å². The van der Waals surface area contributed by atoms with E-state index in [0.717, 1.165) is 35.6 Å². The Kier molecular flexibility index (Phi) is 2.69. The molecule has 4 heterocycles. The lowest BCUT2D eigenvalue weighted by molar-refractivity contribution is 0.493. The van der Waals surface area contributed by atoms with Crippen molar-refractivity contribution in [2.24, 2.45) is 0 Å². The summed E-state index contributed by atoms with van der Waals surface area (Å²) in [7, 11) is 0. The van der Waals surface area contributed by atoms with Crippen molar-refractivity contribution in [3.8, 4) is 0 Å². The number of imidazole rings is 1. The van der Waals surface area contributed by atoms with Crippen LogP contribution in [0.4, 0.5) is 5.82 Å². The molecule has 4 rings (SSSR count). The molecule has 0 radical (unpaired) electrons. The Hall–Kier alpha value is -1.96. The van der Waals surface area contributed by atoms with Crippen LogP contribution in [0.15, 0.2) is 35.6 Å². The highest BCUT2D eigenvalue weighted by atomic mass is 79.9. The first-order valence-electron chi connectivity index (χ1n) is 6.40. The van der Waals surface area contributed by atoms with Gasteiger partial charge in [-0.05, 0) is 34.5 Å². The standard InChI is InChI=1S/C12H12BrN7/c13-10-5-15-11-1-2-12(17-20(10)11)18-4-3-9(6-18)19-8-14-7-16-19/h1-2,5,7-9H,3-4,6H2. The Bertz CT molecular complexity index is 735. The smallest absolute Gasteiger partial charge is 0.154 e. The van der Waals surface area contributed by atoms with E-state index in [9.17, 15) is 0 Å². The van der Waals surface area contributed by atoms with E-state index in [1.165, 1.54) is 0 Å². The number of halogens is 1. The molecule has 1 atom stereocenters. The van der Waals surface area contributed by atoms with Gasteiger partial charge in [0.05, 0.1) is 12.2 Å². The maximum Gasteiger partial charge on any atom is 0.154 e. The van der Waals surface area contributed by atoms with Gasteiger partial charge in [-0.25, -0.2) is 19.2 Å². The second kappa shape index (κ2) is 4.55. The van der Waals surface area contributed by atoms with Crippen molar-refractivity contribution in [2.75, 3.05) is 18.0 Å². The third-order valence-corrected chi connectivity index (χ3v) is 4.15. The molecule has 20 heavy (non-hydrogen) atoms. The summed E-state index contributed by atoms with van der Waals surface area (Å²) < 4.78 is 4.59. The average Bonchev–Trinajstić information content (AvgIpc) is 3.18. The molecular formula is C12H12BrN7. The van der Waals surface area contributed by atoms with Crippen molar-refractivity contribution in [2.45, 2.75) is 12.5 Å². The zero-order valence-electron chi connectivity index (χ0n) is 10.6. The van der Waals surface area contributed by atoms with Crippen molar-refractivity contribution in [1.82, 2.24) is 29.4 Å². The van der Waals surface area contributed by atoms with Crippen LogP contribution in [0, 0.1) is 0 Å². The summed E-state index contributed by atoms with van der Waals surface area (Å²) in [6.07, 6.45) is 6.16. The number of nitrogens with zero attached hydrogens (tertiary/aromatic N) is 7. The van der Waals surface area contributed by atoms with E-state index in [-0.39, 0.29) is 0 Å². The highest BCUT2D eigenvalue weighted by Crippen LogP contribution is 2.25. The maximum absolute atomic E-state index is 4.62. The molecule has 0 aliphatic carbocycles. The zero-order chi connectivity index (χ0) is 13.5. The zero-order valence-corrected chi connectivity index (χ0v) is 12.2. The normalized spacial score (nSPS) is 19.1. The number of hydrogen-bond acceptors (Lipinski definition) is 5. The summed E-state index contributed by atoms with van der Waals surface area (Å²) in [5.41, 5.74) is 0.840. The number of fused-ring (bicyclic) bond motifs is 1. The second-order valence-corrected chi connectivity index (χ2v) is 5.62. The Balaban J connectivity index is 1.62. The molecule has 1 unspecified atom stereocenters. The fourth-order valence-corrected chi connectivity index (χ4v) is 2.94. The summed E-state index contributed by atoms with van der Waals surface area (Å²) in [4.78, 5) is 10.5. The lowest BCUT2D eigenvalue weighted by Gasteiger charge is -2.17. The average molecular weight is 334 g/mol. The van der Waals surface area contributed by atoms with Crippen LogP contribution in [-0.2, 0) is 0 Å². The second-order valence-electron chi connectivity index (χ2n) is 4.81. The summed E-state index contributed by atoms with van der Waals surface area (Å²) in [5, 5.41) is 8.84. The van der Waals surface area contributed by atoms with Crippen molar-refractivity contribution in [1.29, 1.82) is 0 Å². The monoisotopic (exact) mass is 333 g/mol. The number of rotatable bonds is 2. The third-order valence-electron chi connectivity index (χ3n) is 3.60. The van der Waals surface area contributed by atoms with Gasteiger partial charge in [0.2, 0.25) is 0 Å². The lowest BCUT2D eigenvalue weighted by atomic mass is 10.3. The molecule has 1 fully saturated rings. The molecular weight excluding hydrogens is 322 g/mol. The van der Waals surface area contributed by atoms with Crippen LogP contribution in [0.1, 0.15) is 12.5 Å². The molecule has 7 nitrogen and oxygen atoms in total. The van der Waals surface area contributed by atoms with E-state index in [1.54, 1.807) is 23.4 Å². The van der Waals surface area contributed by atoms with Crippen molar-refractivity contribution in [3.05, 3.63) is 35.6 Å². The molecule has 1 aliphatic heterocycles. The van der Waals surface area contributed by atoms with Crippen LogP contribution in [0.25, 0.3) is 5.65 Å². The minimum atomic E-state index is 0.362. The topological polar surface area (TPSA) is 64.1 Å². The fourth-order valence-electron chi connectivity index (χ4n) is 2.58. The first-order chi connectivity index (χ1) is 9.81. The number of aromatic nitrogens is 6. The first kappa shape index (κ1) is 11.8. The quantitative estimate of drug-likeness (QED) is 0.711.